The topological polar surface area (TPSA) is 30.5 Å². The molecule has 0 spiro atoms. The minimum atomic E-state index is -0.187. The second-order valence-electron chi connectivity index (χ2n) is 4.26. The highest BCUT2D eigenvalue weighted by molar-refractivity contribution is 5.16. The first-order valence-electron chi connectivity index (χ1n) is 6.94. The average Bonchev–Trinajstić information content (AvgIpc) is 2.41. The predicted octanol–water partition coefficient (Wildman–Crippen LogP) is 2.75. The van der Waals surface area contributed by atoms with Crippen LogP contribution < -0.4 is 5.32 Å². The molecule has 0 aliphatic carbocycles. The van der Waals surface area contributed by atoms with E-state index in [-0.39, 0.29) is 12.1 Å². The van der Waals surface area contributed by atoms with Crippen molar-refractivity contribution in [3.63, 3.8) is 0 Å². The fourth-order valence-electron chi connectivity index (χ4n) is 1.82. The van der Waals surface area contributed by atoms with Crippen LogP contribution >= 0.6 is 0 Å². The van der Waals surface area contributed by atoms with Gasteiger partial charge in [0.1, 0.15) is 5.82 Å². The molecule has 0 aliphatic heterocycles. The minimum absolute atomic E-state index is 0.117. The Morgan fingerprint density at radius 3 is 2.26 bits per heavy atom. The third-order valence-corrected chi connectivity index (χ3v) is 2.77. The van der Waals surface area contributed by atoms with Crippen molar-refractivity contribution in [2.24, 2.45) is 0 Å². The molecule has 0 radical (unpaired) electrons. The Morgan fingerprint density at radius 1 is 1.05 bits per heavy atom. The normalized spacial score (nSPS) is 11.2. The zero-order valence-corrected chi connectivity index (χ0v) is 11.8. The van der Waals surface area contributed by atoms with Crippen LogP contribution in [0.25, 0.3) is 0 Å². The monoisotopic (exact) mass is 269 g/mol. The lowest BCUT2D eigenvalue weighted by atomic mass is 10.1. The highest BCUT2D eigenvalue weighted by Crippen LogP contribution is 2.03. The molecule has 0 unspecified atom stereocenters. The van der Waals surface area contributed by atoms with Gasteiger partial charge in [0.05, 0.1) is 0 Å². The van der Waals surface area contributed by atoms with Gasteiger partial charge in [0.2, 0.25) is 0 Å². The van der Waals surface area contributed by atoms with Crippen LogP contribution in [0.3, 0.4) is 0 Å². The van der Waals surface area contributed by atoms with Crippen LogP contribution in [-0.2, 0) is 15.9 Å². The Kier molecular flexibility index (Phi) is 8.38. The number of ether oxygens (including phenoxy) is 2. The van der Waals surface area contributed by atoms with Crippen LogP contribution in [0.5, 0.6) is 0 Å². The van der Waals surface area contributed by atoms with Crippen molar-refractivity contribution in [2.45, 2.75) is 33.0 Å². The van der Waals surface area contributed by atoms with Crippen LogP contribution in [0.1, 0.15) is 25.8 Å². The summed E-state index contributed by atoms with van der Waals surface area (Å²) in [5.74, 6) is -0.187. The van der Waals surface area contributed by atoms with Crippen molar-refractivity contribution in [3.05, 3.63) is 35.6 Å². The third kappa shape index (κ3) is 7.25. The van der Waals surface area contributed by atoms with Gasteiger partial charge in [-0.05, 0) is 51.1 Å². The Bertz CT molecular complexity index is 323. The van der Waals surface area contributed by atoms with Crippen molar-refractivity contribution in [1.82, 2.24) is 5.32 Å². The summed E-state index contributed by atoms with van der Waals surface area (Å²) in [5.41, 5.74) is 1.14. The summed E-state index contributed by atoms with van der Waals surface area (Å²) < 4.78 is 23.6. The van der Waals surface area contributed by atoms with Gasteiger partial charge in [-0.15, -0.1) is 0 Å². The van der Waals surface area contributed by atoms with Gasteiger partial charge in [-0.1, -0.05) is 12.1 Å². The Balaban J connectivity index is 2.11. The van der Waals surface area contributed by atoms with E-state index >= 15 is 0 Å². The summed E-state index contributed by atoms with van der Waals surface area (Å²) in [6.07, 6.45) is 1.62. The van der Waals surface area contributed by atoms with Crippen LogP contribution in [0.15, 0.2) is 24.3 Å². The molecule has 0 saturated carbocycles. The molecule has 1 aromatic rings. The standard InChI is InChI=1S/C15H24FNO2/c1-3-18-15(19-4-2)10-12-17-11-9-13-5-7-14(16)8-6-13/h5-8,15,17H,3-4,9-12H2,1-2H3. The van der Waals surface area contributed by atoms with E-state index in [1.165, 1.54) is 12.1 Å². The van der Waals surface area contributed by atoms with Gasteiger partial charge in [-0.25, -0.2) is 4.39 Å². The number of benzene rings is 1. The Hall–Kier alpha value is -0.970. The molecular formula is C15H24FNO2. The maximum Gasteiger partial charge on any atom is 0.158 e. The van der Waals surface area contributed by atoms with Crippen LogP contribution in [0.2, 0.25) is 0 Å². The lowest BCUT2D eigenvalue weighted by molar-refractivity contribution is -0.138. The zero-order valence-electron chi connectivity index (χ0n) is 11.8. The van der Waals surface area contributed by atoms with Crippen molar-refractivity contribution in [2.75, 3.05) is 26.3 Å². The second kappa shape index (κ2) is 9.89. The maximum atomic E-state index is 12.7. The molecule has 0 bridgehead atoms. The van der Waals surface area contributed by atoms with Gasteiger partial charge < -0.3 is 14.8 Å². The van der Waals surface area contributed by atoms with Crippen molar-refractivity contribution >= 4 is 0 Å². The summed E-state index contributed by atoms with van der Waals surface area (Å²) in [6.45, 7) is 6.99. The molecule has 0 aromatic heterocycles. The molecule has 4 heteroatoms. The number of nitrogens with one attached hydrogen (secondary N) is 1. The Labute approximate surface area is 115 Å². The first-order chi connectivity index (χ1) is 9.26. The highest BCUT2D eigenvalue weighted by atomic mass is 19.1. The summed E-state index contributed by atoms with van der Waals surface area (Å²) >= 11 is 0. The van der Waals surface area contributed by atoms with Gasteiger partial charge in [0.25, 0.3) is 0 Å². The Morgan fingerprint density at radius 2 is 1.68 bits per heavy atom. The van der Waals surface area contributed by atoms with Gasteiger partial charge in [0.15, 0.2) is 6.29 Å². The lowest BCUT2D eigenvalue weighted by Crippen LogP contribution is -2.26. The van der Waals surface area contributed by atoms with Gasteiger partial charge in [-0.3, -0.25) is 0 Å². The molecule has 1 rings (SSSR count). The molecule has 1 aromatic carbocycles. The molecule has 0 aliphatic rings. The number of hydrogen-bond donors (Lipinski definition) is 1. The fraction of sp³-hybridized carbons (Fsp3) is 0.600. The number of halogens is 1. The van der Waals surface area contributed by atoms with Crippen LogP contribution in [0.4, 0.5) is 4.39 Å². The molecule has 3 nitrogen and oxygen atoms in total. The molecule has 0 atom stereocenters. The van der Waals surface area contributed by atoms with E-state index in [9.17, 15) is 4.39 Å². The second-order valence-corrected chi connectivity index (χ2v) is 4.26. The average molecular weight is 269 g/mol. The first-order valence-corrected chi connectivity index (χ1v) is 6.94. The molecule has 108 valence electrons. The molecular weight excluding hydrogens is 245 g/mol. The van der Waals surface area contributed by atoms with Crippen LogP contribution in [-0.4, -0.2) is 32.6 Å². The molecule has 0 heterocycles. The van der Waals surface area contributed by atoms with Gasteiger partial charge >= 0.3 is 0 Å². The number of rotatable bonds is 10. The lowest BCUT2D eigenvalue weighted by Gasteiger charge is -2.16. The van der Waals surface area contributed by atoms with E-state index < -0.39 is 0 Å². The number of hydrogen-bond acceptors (Lipinski definition) is 3. The van der Waals surface area contributed by atoms with Crippen LogP contribution in [0, 0.1) is 5.82 Å². The molecule has 19 heavy (non-hydrogen) atoms. The zero-order chi connectivity index (χ0) is 13.9. The van der Waals surface area contributed by atoms with E-state index in [1.807, 2.05) is 26.0 Å². The van der Waals surface area contributed by atoms with Crippen molar-refractivity contribution < 1.29 is 13.9 Å². The van der Waals surface area contributed by atoms with Gasteiger partial charge in [-0.2, -0.15) is 0 Å². The summed E-state index contributed by atoms with van der Waals surface area (Å²) in [4.78, 5) is 0. The molecule has 0 saturated heterocycles. The fourth-order valence-corrected chi connectivity index (χ4v) is 1.82. The predicted molar refractivity (Wildman–Crippen MR) is 74.6 cm³/mol. The summed E-state index contributed by atoms with van der Waals surface area (Å²) in [6, 6.07) is 6.63. The van der Waals surface area contributed by atoms with E-state index in [4.69, 9.17) is 9.47 Å². The first kappa shape index (κ1) is 16.1. The van der Waals surface area contributed by atoms with Crippen molar-refractivity contribution in [3.8, 4) is 0 Å². The highest BCUT2D eigenvalue weighted by Gasteiger charge is 2.06. The summed E-state index contributed by atoms with van der Waals surface area (Å²) in [5, 5.41) is 3.34. The van der Waals surface area contributed by atoms with E-state index in [1.54, 1.807) is 0 Å². The summed E-state index contributed by atoms with van der Waals surface area (Å²) in [7, 11) is 0. The molecule has 1 N–H and O–H groups in total. The molecule has 0 amide bonds. The van der Waals surface area contributed by atoms with Gasteiger partial charge in [0, 0.05) is 19.6 Å². The smallest absolute Gasteiger partial charge is 0.158 e. The SMILES string of the molecule is CCOC(CCNCCc1ccc(F)cc1)OCC. The molecule has 0 fully saturated rings. The quantitative estimate of drug-likeness (QED) is 0.523. The van der Waals surface area contributed by atoms with E-state index in [0.29, 0.717) is 13.2 Å². The van der Waals surface area contributed by atoms with E-state index in [2.05, 4.69) is 5.32 Å². The third-order valence-electron chi connectivity index (χ3n) is 2.77. The largest absolute Gasteiger partial charge is 0.353 e. The van der Waals surface area contributed by atoms with E-state index in [0.717, 1.165) is 31.5 Å². The maximum absolute atomic E-state index is 12.7. The van der Waals surface area contributed by atoms with Crippen molar-refractivity contribution in [1.29, 1.82) is 0 Å². The minimum Gasteiger partial charge on any atom is -0.353 e.